The van der Waals surface area contributed by atoms with Gasteiger partial charge in [-0.25, -0.2) is 0 Å². The van der Waals surface area contributed by atoms with Crippen molar-refractivity contribution in [2.24, 2.45) is 10.9 Å². The second-order valence-electron chi connectivity index (χ2n) is 7.10. The summed E-state index contributed by atoms with van der Waals surface area (Å²) in [6.45, 7) is 15.6. The van der Waals surface area contributed by atoms with Gasteiger partial charge in [0.25, 0.3) is 0 Å². The van der Waals surface area contributed by atoms with Crippen LogP contribution in [0, 0.1) is 5.92 Å². The molecule has 0 aromatic heterocycles. The van der Waals surface area contributed by atoms with E-state index in [1.165, 1.54) is 45.3 Å². The molecule has 24 heavy (non-hydrogen) atoms. The Morgan fingerprint density at radius 2 is 1.83 bits per heavy atom. The number of piperidine rings is 1. The number of halogens is 1. The number of guanidine groups is 1. The normalized spacial score (nSPS) is 24.0. The van der Waals surface area contributed by atoms with Crippen LogP contribution in [-0.2, 0) is 0 Å². The highest BCUT2D eigenvalue weighted by Crippen LogP contribution is 2.16. The number of nitrogens with zero attached hydrogens (tertiary/aromatic N) is 3. The lowest BCUT2D eigenvalue weighted by atomic mass is 9.99. The van der Waals surface area contributed by atoms with Gasteiger partial charge in [0.2, 0.25) is 0 Å². The predicted molar refractivity (Wildman–Crippen MR) is 115 cm³/mol. The van der Waals surface area contributed by atoms with Crippen molar-refractivity contribution in [3.63, 3.8) is 0 Å². The standard InChI is InChI=1S/C18H37N5.HI/c1-4-19-18(21-15-17-7-6-11-23(17)5-2)20-10-14-22-12-8-16(3)9-13-22;/h16-17H,4-15H2,1-3H3,(H2,19,20,21);1H. The van der Waals surface area contributed by atoms with E-state index in [-0.39, 0.29) is 24.0 Å². The van der Waals surface area contributed by atoms with Crippen molar-refractivity contribution in [2.45, 2.75) is 52.5 Å². The molecule has 2 aliphatic heterocycles. The van der Waals surface area contributed by atoms with Gasteiger partial charge in [-0.1, -0.05) is 13.8 Å². The van der Waals surface area contributed by atoms with Crippen LogP contribution in [0.5, 0.6) is 0 Å². The first-order valence-electron chi connectivity index (χ1n) is 9.71. The number of hydrogen-bond acceptors (Lipinski definition) is 3. The minimum Gasteiger partial charge on any atom is -0.357 e. The van der Waals surface area contributed by atoms with Crippen molar-refractivity contribution in [1.29, 1.82) is 0 Å². The second kappa shape index (κ2) is 12.3. The predicted octanol–water partition coefficient (Wildman–Crippen LogP) is 2.38. The van der Waals surface area contributed by atoms with E-state index in [1.54, 1.807) is 0 Å². The maximum Gasteiger partial charge on any atom is 0.191 e. The van der Waals surface area contributed by atoms with Crippen molar-refractivity contribution in [3.8, 4) is 0 Å². The van der Waals surface area contributed by atoms with Gasteiger partial charge in [-0.2, -0.15) is 0 Å². The molecule has 0 aromatic carbocycles. The lowest BCUT2D eigenvalue weighted by Gasteiger charge is -2.30. The molecule has 2 saturated heterocycles. The average Bonchev–Trinajstić information content (AvgIpc) is 3.02. The number of likely N-dealkylation sites (N-methyl/N-ethyl adjacent to an activating group) is 1. The van der Waals surface area contributed by atoms with Crippen LogP contribution in [0.4, 0.5) is 0 Å². The van der Waals surface area contributed by atoms with Gasteiger partial charge >= 0.3 is 0 Å². The summed E-state index contributed by atoms with van der Waals surface area (Å²) >= 11 is 0. The Bertz CT molecular complexity index is 355. The van der Waals surface area contributed by atoms with Crippen LogP contribution in [0.25, 0.3) is 0 Å². The number of hydrogen-bond donors (Lipinski definition) is 2. The molecule has 0 bridgehead atoms. The lowest BCUT2D eigenvalue weighted by molar-refractivity contribution is 0.195. The van der Waals surface area contributed by atoms with E-state index in [2.05, 4.69) is 41.2 Å². The Morgan fingerprint density at radius 1 is 1.08 bits per heavy atom. The second-order valence-corrected chi connectivity index (χ2v) is 7.10. The topological polar surface area (TPSA) is 42.9 Å². The van der Waals surface area contributed by atoms with Crippen LogP contribution < -0.4 is 10.6 Å². The first kappa shape index (κ1) is 22.0. The van der Waals surface area contributed by atoms with Gasteiger partial charge in [0.05, 0.1) is 6.54 Å². The van der Waals surface area contributed by atoms with Gasteiger partial charge in [-0.15, -0.1) is 24.0 Å². The van der Waals surface area contributed by atoms with Crippen LogP contribution >= 0.6 is 24.0 Å². The molecule has 142 valence electrons. The molecular weight excluding hydrogens is 413 g/mol. The van der Waals surface area contributed by atoms with Crippen LogP contribution in [0.2, 0.25) is 0 Å². The third-order valence-electron chi connectivity index (χ3n) is 5.31. The molecule has 0 aliphatic carbocycles. The summed E-state index contributed by atoms with van der Waals surface area (Å²) in [7, 11) is 0. The summed E-state index contributed by atoms with van der Waals surface area (Å²) < 4.78 is 0. The molecule has 0 radical (unpaired) electrons. The number of likely N-dealkylation sites (tertiary alicyclic amines) is 2. The number of nitrogens with one attached hydrogen (secondary N) is 2. The first-order valence-corrected chi connectivity index (χ1v) is 9.71. The largest absolute Gasteiger partial charge is 0.357 e. The fourth-order valence-corrected chi connectivity index (χ4v) is 3.67. The first-order chi connectivity index (χ1) is 11.2. The van der Waals surface area contributed by atoms with Gasteiger partial charge in [0.1, 0.15) is 0 Å². The molecule has 0 saturated carbocycles. The minimum absolute atomic E-state index is 0. The Morgan fingerprint density at radius 3 is 2.50 bits per heavy atom. The zero-order chi connectivity index (χ0) is 16.5. The fraction of sp³-hybridized carbons (Fsp3) is 0.944. The number of aliphatic imine (C=N–C) groups is 1. The van der Waals surface area contributed by atoms with E-state index in [0.717, 1.165) is 44.6 Å². The molecule has 2 heterocycles. The van der Waals surface area contributed by atoms with E-state index >= 15 is 0 Å². The summed E-state index contributed by atoms with van der Waals surface area (Å²) in [4.78, 5) is 9.96. The van der Waals surface area contributed by atoms with E-state index < -0.39 is 0 Å². The highest BCUT2D eigenvalue weighted by molar-refractivity contribution is 14.0. The van der Waals surface area contributed by atoms with E-state index in [0.29, 0.717) is 6.04 Å². The van der Waals surface area contributed by atoms with E-state index in [9.17, 15) is 0 Å². The lowest BCUT2D eigenvalue weighted by Crippen LogP contribution is -2.44. The summed E-state index contributed by atoms with van der Waals surface area (Å²) in [6.07, 6.45) is 5.32. The SMILES string of the molecule is CCNC(=NCC1CCCN1CC)NCCN1CCC(C)CC1.I. The molecule has 5 nitrogen and oxygen atoms in total. The highest BCUT2D eigenvalue weighted by atomic mass is 127. The van der Waals surface area contributed by atoms with Crippen LogP contribution in [0.15, 0.2) is 4.99 Å². The molecule has 1 atom stereocenters. The minimum atomic E-state index is 0. The molecular formula is C18H38IN5. The Hall–Kier alpha value is -0.0800. The van der Waals surface area contributed by atoms with Crippen molar-refractivity contribution >= 4 is 29.9 Å². The molecule has 6 heteroatoms. The van der Waals surface area contributed by atoms with Gasteiger partial charge in [-0.05, 0) is 64.7 Å². The smallest absolute Gasteiger partial charge is 0.191 e. The van der Waals surface area contributed by atoms with Crippen LogP contribution in [0.3, 0.4) is 0 Å². The van der Waals surface area contributed by atoms with Gasteiger partial charge < -0.3 is 15.5 Å². The summed E-state index contributed by atoms with van der Waals surface area (Å²) in [5.74, 6) is 1.90. The van der Waals surface area contributed by atoms with Crippen molar-refractivity contribution < 1.29 is 0 Å². The molecule has 0 aromatic rings. The van der Waals surface area contributed by atoms with Crippen molar-refractivity contribution in [2.75, 3.05) is 52.4 Å². The fourth-order valence-electron chi connectivity index (χ4n) is 3.67. The Labute approximate surface area is 166 Å². The van der Waals surface area contributed by atoms with Crippen LogP contribution in [0.1, 0.15) is 46.5 Å². The number of rotatable bonds is 7. The molecule has 2 N–H and O–H groups in total. The average molecular weight is 451 g/mol. The van der Waals surface area contributed by atoms with E-state index in [4.69, 9.17) is 4.99 Å². The monoisotopic (exact) mass is 451 g/mol. The molecule has 0 amide bonds. The van der Waals surface area contributed by atoms with Crippen LogP contribution in [-0.4, -0.2) is 74.2 Å². The summed E-state index contributed by atoms with van der Waals surface area (Å²) in [5, 5.41) is 6.90. The molecule has 2 aliphatic rings. The van der Waals surface area contributed by atoms with Gasteiger partial charge in [0, 0.05) is 25.7 Å². The summed E-state index contributed by atoms with van der Waals surface area (Å²) in [5.41, 5.74) is 0. The van der Waals surface area contributed by atoms with Crippen molar-refractivity contribution in [1.82, 2.24) is 20.4 Å². The zero-order valence-electron chi connectivity index (χ0n) is 15.9. The molecule has 1 unspecified atom stereocenters. The zero-order valence-corrected chi connectivity index (χ0v) is 18.2. The molecule has 2 fully saturated rings. The van der Waals surface area contributed by atoms with Gasteiger partial charge in [0.15, 0.2) is 5.96 Å². The Kier molecular flexibility index (Phi) is 11.3. The summed E-state index contributed by atoms with van der Waals surface area (Å²) in [6, 6.07) is 0.638. The molecule has 2 rings (SSSR count). The quantitative estimate of drug-likeness (QED) is 0.355. The third-order valence-corrected chi connectivity index (χ3v) is 5.31. The molecule has 0 spiro atoms. The Balaban J connectivity index is 0.00000288. The highest BCUT2D eigenvalue weighted by Gasteiger charge is 2.22. The maximum absolute atomic E-state index is 4.82. The van der Waals surface area contributed by atoms with Crippen molar-refractivity contribution in [3.05, 3.63) is 0 Å². The third kappa shape index (κ3) is 7.44. The maximum atomic E-state index is 4.82. The van der Waals surface area contributed by atoms with E-state index in [1.807, 2.05) is 0 Å². The van der Waals surface area contributed by atoms with Gasteiger partial charge in [-0.3, -0.25) is 9.89 Å².